The van der Waals surface area contributed by atoms with Crippen molar-refractivity contribution < 1.29 is 9.53 Å². The van der Waals surface area contributed by atoms with Crippen LogP contribution < -0.4 is 15.4 Å². The second kappa shape index (κ2) is 11.4. The van der Waals surface area contributed by atoms with Gasteiger partial charge in [0.05, 0.1) is 6.61 Å². The van der Waals surface area contributed by atoms with E-state index in [1.54, 1.807) is 12.1 Å². The van der Waals surface area contributed by atoms with Crippen LogP contribution in [0, 0.1) is 5.92 Å². The van der Waals surface area contributed by atoms with Crippen molar-refractivity contribution in [3.63, 3.8) is 0 Å². The van der Waals surface area contributed by atoms with E-state index in [9.17, 15) is 4.79 Å². The Bertz CT molecular complexity index is 394. The molecule has 1 aromatic carbocycles. The fraction of sp³-hybridized carbons (Fsp3) is 0.562. The molecule has 120 valence electrons. The van der Waals surface area contributed by atoms with Crippen LogP contribution in [0.2, 0.25) is 0 Å². The van der Waals surface area contributed by atoms with Gasteiger partial charge in [0, 0.05) is 18.7 Å². The van der Waals surface area contributed by atoms with E-state index in [1.165, 1.54) is 0 Å². The second-order valence-corrected chi connectivity index (χ2v) is 5.24. The van der Waals surface area contributed by atoms with Gasteiger partial charge in [-0.3, -0.25) is 4.79 Å². The molecule has 0 aromatic heterocycles. The van der Waals surface area contributed by atoms with Gasteiger partial charge in [-0.15, -0.1) is 12.4 Å². The number of amides is 1. The zero-order chi connectivity index (χ0) is 14.8. The Morgan fingerprint density at radius 1 is 1.14 bits per heavy atom. The third kappa shape index (κ3) is 8.58. The molecule has 0 radical (unpaired) electrons. The van der Waals surface area contributed by atoms with Crippen molar-refractivity contribution in [2.45, 2.75) is 27.2 Å². The minimum Gasteiger partial charge on any atom is -0.493 e. The SMILES string of the molecule is CCCNCCNC(=O)c1ccc(OCC(C)C)cc1.Cl. The summed E-state index contributed by atoms with van der Waals surface area (Å²) in [5, 5.41) is 6.13. The average molecular weight is 315 g/mol. The van der Waals surface area contributed by atoms with Gasteiger partial charge in [0.25, 0.3) is 5.91 Å². The number of carbonyl (C=O) groups is 1. The third-order valence-corrected chi connectivity index (χ3v) is 2.71. The predicted molar refractivity (Wildman–Crippen MR) is 89.5 cm³/mol. The molecule has 2 N–H and O–H groups in total. The maximum atomic E-state index is 11.9. The molecule has 0 aliphatic carbocycles. The highest BCUT2D eigenvalue weighted by Gasteiger charge is 2.05. The molecule has 0 saturated carbocycles. The number of hydrogen-bond acceptors (Lipinski definition) is 3. The molecule has 21 heavy (non-hydrogen) atoms. The fourth-order valence-electron chi connectivity index (χ4n) is 1.63. The molecular weight excluding hydrogens is 288 g/mol. The van der Waals surface area contributed by atoms with Crippen LogP contribution in [0.1, 0.15) is 37.6 Å². The highest BCUT2D eigenvalue weighted by molar-refractivity contribution is 5.94. The lowest BCUT2D eigenvalue weighted by molar-refractivity contribution is 0.0954. The molecule has 0 aliphatic rings. The van der Waals surface area contributed by atoms with Crippen molar-refractivity contribution in [3.05, 3.63) is 29.8 Å². The number of carbonyl (C=O) groups excluding carboxylic acids is 1. The number of nitrogens with one attached hydrogen (secondary N) is 2. The van der Waals surface area contributed by atoms with Crippen molar-refractivity contribution in [1.82, 2.24) is 10.6 Å². The highest BCUT2D eigenvalue weighted by atomic mass is 35.5. The van der Waals surface area contributed by atoms with Gasteiger partial charge in [-0.25, -0.2) is 0 Å². The number of hydrogen-bond donors (Lipinski definition) is 2. The minimum absolute atomic E-state index is 0. The van der Waals surface area contributed by atoms with Crippen LogP contribution in [0.5, 0.6) is 5.75 Å². The van der Waals surface area contributed by atoms with E-state index in [0.29, 0.717) is 24.6 Å². The molecule has 0 heterocycles. The van der Waals surface area contributed by atoms with Crippen molar-refractivity contribution in [2.75, 3.05) is 26.2 Å². The number of halogens is 1. The zero-order valence-corrected chi connectivity index (χ0v) is 14.0. The van der Waals surface area contributed by atoms with Gasteiger partial charge < -0.3 is 15.4 Å². The van der Waals surface area contributed by atoms with Gasteiger partial charge in [0.2, 0.25) is 0 Å². The Morgan fingerprint density at radius 2 is 1.81 bits per heavy atom. The lowest BCUT2D eigenvalue weighted by Crippen LogP contribution is -2.32. The number of rotatable bonds is 9. The largest absolute Gasteiger partial charge is 0.493 e. The first-order valence-electron chi connectivity index (χ1n) is 7.35. The summed E-state index contributed by atoms with van der Waals surface area (Å²) >= 11 is 0. The molecular formula is C16H27ClN2O2. The van der Waals surface area contributed by atoms with Crippen molar-refractivity contribution >= 4 is 18.3 Å². The van der Waals surface area contributed by atoms with Crippen molar-refractivity contribution in [2.24, 2.45) is 5.92 Å². The zero-order valence-electron chi connectivity index (χ0n) is 13.1. The summed E-state index contributed by atoms with van der Waals surface area (Å²) in [5.41, 5.74) is 0.664. The highest BCUT2D eigenvalue weighted by Crippen LogP contribution is 2.13. The first-order chi connectivity index (χ1) is 9.63. The molecule has 1 rings (SSSR count). The maximum Gasteiger partial charge on any atom is 0.251 e. The number of benzene rings is 1. The monoisotopic (exact) mass is 314 g/mol. The topological polar surface area (TPSA) is 50.4 Å². The fourth-order valence-corrected chi connectivity index (χ4v) is 1.63. The van der Waals surface area contributed by atoms with Crippen molar-refractivity contribution in [1.29, 1.82) is 0 Å². The normalized spacial score (nSPS) is 10.1. The lowest BCUT2D eigenvalue weighted by Gasteiger charge is -2.09. The van der Waals surface area contributed by atoms with Gasteiger partial charge in [-0.2, -0.15) is 0 Å². The average Bonchev–Trinajstić information content (AvgIpc) is 2.45. The van der Waals surface area contributed by atoms with Crippen LogP contribution in [-0.4, -0.2) is 32.1 Å². The second-order valence-electron chi connectivity index (χ2n) is 5.24. The van der Waals surface area contributed by atoms with Crippen LogP contribution in [0.15, 0.2) is 24.3 Å². The standard InChI is InChI=1S/C16H26N2O2.ClH/c1-4-9-17-10-11-18-16(19)14-5-7-15(8-6-14)20-12-13(2)3;/h5-8,13,17H,4,9-12H2,1-3H3,(H,18,19);1H. The van der Waals surface area contributed by atoms with Crippen LogP contribution >= 0.6 is 12.4 Å². The van der Waals surface area contributed by atoms with Gasteiger partial charge in [-0.1, -0.05) is 20.8 Å². The Kier molecular flexibility index (Phi) is 10.7. The first kappa shape index (κ1) is 19.7. The van der Waals surface area contributed by atoms with Crippen molar-refractivity contribution in [3.8, 4) is 5.75 Å². The predicted octanol–water partition coefficient (Wildman–Crippen LogP) is 2.87. The Morgan fingerprint density at radius 3 is 2.38 bits per heavy atom. The summed E-state index contributed by atoms with van der Waals surface area (Å²) in [7, 11) is 0. The van der Waals surface area contributed by atoms with E-state index in [0.717, 1.165) is 25.3 Å². The molecule has 0 atom stereocenters. The summed E-state index contributed by atoms with van der Waals surface area (Å²) in [4.78, 5) is 11.9. The third-order valence-electron chi connectivity index (χ3n) is 2.71. The number of ether oxygens (including phenoxy) is 1. The summed E-state index contributed by atoms with van der Waals surface area (Å²) in [5.74, 6) is 1.26. The molecule has 4 nitrogen and oxygen atoms in total. The molecule has 0 saturated heterocycles. The van der Waals surface area contributed by atoms with Crippen LogP contribution in [0.4, 0.5) is 0 Å². The van der Waals surface area contributed by atoms with Gasteiger partial charge in [0.15, 0.2) is 0 Å². The van der Waals surface area contributed by atoms with Gasteiger partial charge >= 0.3 is 0 Å². The Balaban J connectivity index is 0.00000400. The summed E-state index contributed by atoms with van der Waals surface area (Å²) in [6.45, 7) is 9.45. The molecule has 0 fully saturated rings. The molecule has 1 amide bonds. The Hall–Kier alpha value is -1.26. The van der Waals surface area contributed by atoms with Gasteiger partial charge in [-0.05, 0) is 43.1 Å². The summed E-state index contributed by atoms with van der Waals surface area (Å²) in [6, 6.07) is 7.27. The smallest absolute Gasteiger partial charge is 0.251 e. The summed E-state index contributed by atoms with van der Waals surface area (Å²) < 4.78 is 5.59. The van der Waals surface area contributed by atoms with Crippen LogP contribution in [0.25, 0.3) is 0 Å². The quantitative estimate of drug-likeness (QED) is 0.689. The molecule has 0 aliphatic heterocycles. The maximum absolute atomic E-state index is 11.9. The van der Waals surface area contributed by atoms with E-state index in [4.69, 9.17) is 4.74 Å². The molecule has 5 heteroatoms. The van der Waals surface area contributed by atoms with Gasteiger partial charge in [0.1, 0.15) is 5.75 Å². The Labute approximate surface area is 134 Å². The molecule has 0 unspecified atom stereocenters. The molecule has 0 bridgehead atoms. The van der Waals surface area contributed by atoms with Crippen LogP contribution in [0.3, 0.4) is 0 Å². The summed E-state index contributed by atoms with van der Waals surface area (Å²) in [6.07, 6.45) is 1.10. The minimum atomic E-state index is -0.0429. The van der Waals surface area contributed by atoms with E-state index in [-0.39, 0.29) is 18.3 Å². The van der Waals surface area contributed by atoms with E-state index < -0.39 is 0 Å². The molecule has 1 aromatic rings. The van der Waals surface area contributed by atoms with Crippen LogP contribution in [-0.2, 0) is 0 Å². The van der Waals surface area contributed by atoms with E-state index >= 15 is 0 Å². The van der Waals surface area contributed by atoms with E-state index in [1.807, 2.05) is 12.1 Å². The molecule has 0 spiro atoms. The first-order valence-corrected chi connectivity index (χ1v) is 7.35. The van der Waals surface area contributed by atoms with E-state index in [2.05, 4.69) is 31.4 Å². The lowest BCUT2D eigenvalue weighted by atomic mass is 10.2.